The van der Waals surface area contributed by atoms with Gasteiger partial charge >= 0.3 is 0 Å². The Morgan fingerprint density at radius 3 is 2.62 bits per heavy atom. The topological polar surface area (TPSA) is 43.4 Å². The van der Waals surface area contributed by atoms with Crippen LogP contribution in [-0.2, 0) is 9.84 Å². The van der Waals surface area contributed by atoms with Crippen LogP contribution in [0.15, 0.2) is 23.1 Å². The first-order valence-corrected chi connectivity index (χ1v) is 8.06. The first-order valence-electron chi connectivity index (χ1n) is 5.09. The molecule has 3 nitrogen and oxygen atoms in total. The van der Waals surface area contributed by atoms with Crippen molar-refractivity contribution in [3.8, 4) is 5.75 Å². The minimum Gasteiger partial charge on any atom is -0.493 e. The third-order valence-electron chi connectivity index (χ3n) is 2.49. The van der Waals surface area contributed by atoms with Crippen LogP contribution in [-0.4, -0.2) is 21.3 Å². The van der Waals surface area contributed by atoms with Crippen LogP contribution in [0.25, 0.3) is 0 Å². The molecule has 0 spiro atoms. The molecule has 1 saturated carbocycles. The molecule has 88 valence electrons. The molecule has 0 unspecified atom stereocenters. The first kappa shape index (κ1) is 12.2. The highest BCUT2D eigenvalue weighted by atomic mass is 127. The number of hydrogen-bond donors (Lipinski definition) is 0. The van der Waals surface area contributed by atoms with Gasteiger partial charge in [0.15, 0.2) is 9.84 Å². The summed E-state index contributed by atoms with van der Waals surface area (Å²) in [5.41, 5.74) is 0. The summed E-state index contributed by atoms with van der Waals surface area (Å²) in [5, 5.41) is 0. The molecular formula is C11H13IO3S. The maximum absolute atomic E-state index is 11.4. The Labute approximate surface area is 109 Å². The maximum Gasteiger partial charge on any atom is 0.176 e. The Bertz CT molecular complexity index is 492. The summed E-state index contributed by atoms with van der Waals surface area (Å²) in [4.78, 5) is 0.367. The molecule has 0 amide bonds. The SMILES string of the molecule is CS(=O)(=O)c1ccc(OCC2CC2)cc1I. The fourth-order valence-electron chi connectivity index (χ4n) is 1.37. The van der Waals surface area contributed by atoms with Crippen molar-refractivity contribution in [2.45, 2.75) is 17.7 Å². The monoisotopic (exact) mass is 352 g/mol. The van der Waals surface area contributed by atoms with Crippen molar-refractivity contribution < 1.29 is 13.2 Å². The Balaban J connectivity index is 2.15. The normalized spacial score (nSPS) is 16.1. The molecular weight excluding hydrogens is 339 g/mol. The van der Waals surface area contributed by atoms with Gasteiger partial charge in [-0.15, -0.1) is 0 Å². The predicted octanol–water partition coefficient (Wildman–Crippen LogP) is 2.48. The van der Waals surface area contributed by atoms with Crippen LogP contribution in [0.1, 0.15) is 12.8 Å². The summed E-state index contributed by atoms with van der Waals surface area (Å²) in [7, 11) is -3.13. The molecule has 0 saturated heterocycles. The van der Waals surface area contributed by atoms with Gasteiger partial charge in [-0.3, -0.25) is 0 Å². The quantitative estimate of drug-likeness (QED) is 0.782. The Hall–Kier alpha value is -0.300. The van der Waals surface area contributed by atoms with E-state index in [2.05, 4.69) is 0 Å². The fraction of sp³-hybridized carbons (Fsp3) is 0.455. The van der Waals surface area contributed by atoms with E-state index >= 15 is 0 Å². The minimum atomic E-state index is -3.13. The van der Waals surface area contributed by atoms with Crippen molar-refractivity contribution in [3.63, 3.8) is 0 Å². The number of hydrogen-bond acceptors (Lipinski definition) is 3. The van der Waals surface area contributed by atoms with Crippen molar-refractivity contribution in [3.05, 3.63) is 21.8 Å². The number of rotatable bonds is 4. The summed E-state index contributed by atoms with van der Waals surface area (Å²) in [6.45, 7) is 0.744. The van der Waals surface area contributed by atoms with Gasteiger partial charge in [-0.25, -0.2) is 8.42 Å². The van der Waals surface area contributed by atoms with E-state index in [1.165, 1.54) is 19.1 Å². The molecule has 0 aliphatic heterocycles. The van der Waals surface area contributed by atoms with Gasteiger partial charge in [-0.2, -0.15) is 0 Å². The van der Waals surface area contributed by atoms with Crippen molar-refractivity contribution >= 4 is 32.4 Å². The second-order valence-corrected chi connectivity index (χ2v) is 7.27. The lowest BCUT2D eigenvalue weighted by atomic mass is 10.3. The van der Waals surface area contributed by atoms with Gasteiger partial charge in [-0.1, -0.05) is 0 Å². The van der Waals surface area contributed by atoms with Crippen LogP contribution in [0.5, 0.6) is 5.75 Å². The van der Waals surface area contributed by atoms with Crippen molar-refractivity contribution in [2.75, 3.05) is 12.9 Å². The van der Waals surface area contributed by atoms with Gasteiger partial charge in [0, 0.05) is 9.83 Å². The third kappa shape index (κ3) is 3.10. The van der Waals surface area contributed by atoms with Crippen LogP contribution in [0, 0.1) is 9.49 Å². The van der Waals surface area contributed by atoms with Crippen molar-refractivity contribution in [1.82, 2.24) is 0 Å². The number of sulfone groups is 1. The van der Waals surface area contributed by atoms with E-state index in [4.69, 9.17) is 4.74 Å². The molecule has 0 atom stereocenters. The van der Waals surface area contributed by atoms with E-state index in [1.54, 1.807) is 18.2 Å². The van der Waals surface area contributed by atoms with Gasteiger partial charge in [0.1, 0.15) is 5.75 Å². The summed E-state index contributed by atoms with van der Waals surface area (Å²) in [6.07, 6.45) is 3.71. The minimum absolute atomic E-state index is 0.367. The molecule has 16 heavy (non-hydrogen) atoms. The van der Waals surface area contributed by atoms with Crippen LogP contribution >= 0.6 is 22.6 Å². The molecule has 1 aliphatic carbocycles. The fourth-order valence-corrected chi connectivity index (χ4v) is 3.79. The van der Waals surface area contributed by atoms with Crippen LogP contribution in [0.3, 0.4) is 0 Å². The van der Waals surface area contributed by atoms with E-state index in [9.17, 15) is 8.42 Å². The number of halogens is 1. The van der Waals surface area contributed by atoms with Gasteiger partial charge in [0.2, 0.25) is 0 Å². The van der Waals surface area contributed by atoms with Gasteiger partial charge in [0.05, 0.1) is 11.5 Å². The second kappa shape index (κ2) is 4.52. The highest BCUT2D eigenvalue weighted by Crippen LogP contribution is 2.30. The highest BCUT2D eigenvalue weighted by molar-refractivity contribution is 14.1. The molecule has 2 rings (SSSR count). The highest BCUT2D eigenvalue weighted by Gasteiger charge is 2.22. The average Bonchev–Trinajstić information content (AvgIpc) is 2.96. The zero-order chi connectivity index (χ0) is 11.8. The van der Waals surface area contributed by atoms with Crippen LogP contribution in [0.4, 0.5) is 0 Å². The standard InChI is InChI=1S/C11H13IO3S/c1-16(13,14)11-5-4-9(6-10(11)12)15-7-8-2-3-8/h4-6,8H,2-3,7H2,1H3. The summed E-state index contributed by atoms with van der Waals surface area (Å²) in [6, 6.07) is 5.11. The lowest BCUT2D eigenvalue weighted by Crippen LogP contribution is -2.02. The summed E-state index contributed by atoms with van der Waals surface area (Å²) < 4.78 is 29.1. The predicted molar refractivity (Wildman–Crippen MR) is 70.5 cm³/mol. The average molecular weight is 352 g/mol. The maximum atomic E-state index is 11.4. The molecule has 0 radical (unpaired) electrons. The number of benzene rings is 1. The molecule has 1 aromatic rings. The van der Waals surface area contributed by atoms with E-state index < -0.39 is 9.84 Å². The zero-order valence-electron chi connectivity index (χ0n) is 8.94. The molecule has 1 fully saturated rings. The molecule has 0 heterocycles. The van der Waals surface area contributed by atoms with Crippen molar-refractivity contribution in [1.29, 1.82) is 0 Å². The van der Waals surface area contributed by atoms with Crippen LogP contribution < -0.4 is 4.74 Å². The molecule has 1 aliphatic rings. The smallest absolute Gasteiger partial charge is 0.176 e. The Morgan fingerprint density at radius 2 is 2.12 bits per heavy atom. The Morgan fingerprint density at radius 1 is 1.44 bits per heavy atom. The molecule has 5 heteroatoms. The largest absolute Gasteiger partial charge is 0.493 e. The molecule has 0 aromatic heterocycles. The molecule has 0 bridgehead atoms. The van der Waals surface area contributed by atoms with E-state index in [-0.39, 0.29) is 0 Å². The van der Waals surface area contributed by atoms with E-state index in [0.29, 0.717) is 14.4 Å². The second-order valence-electron chi connectivity index (χ2n) is 4.12. The Kier molecular flexibility index (Phi) is 3.44. The third-order valence-corrected chi connectivity index (χ3v) is 4.90. The van der Waals surface area contributed by atoms with Gasteiger partial charge in [-0.05, 0) is 59.5 Å². The molecule has 1 aromatic carbocycles. The zero-order valence-corrected chi connectivity index (χ0v) is 11.9. The summed E-state index contributed by atoms with van der Waals surface area (Å²) >= 11 is 2.02. The number of ether oxygens (including phenoxy) is 1. The lowest BCUT2D eigenvalue weighted by molar-refractivity contribution is 0.299. The van der Waals surface area contributed by atoms with Crippen LogP contribution in [0.2, 0.25) is 0 Å². The summed E-state index contributed by atoms with van der Waals surface area (Å²) in [5.74, 6) is 1.45. The van der Waals surface area contributed by atoms with E-state index in [0.717, 1.165) is 12.4 Å². The van der Waals surface area contributed by atoms with Crippen molar-refractivity contribution in [2.24, 2.45) is 5.92 Å². The lowest BCUT2D eigenvalue weighted by Gasteiger charge is -2.07. The molecule has 0 N–H and O–H groups in total. The van der Waals surface area contributed by atoms with E-state index in [1.807, 2.05) is 22.6 Å². The van der Waals surface area contributed by atoms with Gasteiger partial charge in [0.25, 0.3) is 0 Å². The first-order chi connectivity index (χ1) is 7.47. The van der Waals surface area contributed by atoms with Gasteiger partial charge < -0.3 is 4.74 Å².